The number of benzene rings is 1. The standard InChI is InChI=1S/C13H18F3NO/c1-3-6-10(4-2)17-11-7-5-8-12(9-11)18-13(14,15)16/h5,7-10,17H,3-4,6H2,1-2H3. The summed E-state index contributed by atoms with van der Waals surface area (Å²) in [6.45, 7) is 4.12. The summed E-state index contributed by atoms with van der Waals surface area (Å²) in [5.41, 5.74) is 0.650. The Morgan fingerprint density at radius 1 is 1.28 bits per heavy atom. The van der Waals surface area contributed by atoms with Crippen molar-refractivity contribution in [2.45, 2.75) is 45.5 Å². The van der Waals surface area contributed by atoms with Crippen LogP contribution in [0.5, 0.6) is 5.75 Å². The van der Waals surface area contributed by atoms with Crippen LogP contribution in [0.25, 0.3) is 0 Å². The number of rotatable bonds is 6. The lowest BCUT2D eigenvalue weighted by Gasteiger charge is -2.18. The first-order valence-corrected chi connectivity index (χ1v) is 6.07. The maximum absolute atomic E-state index is 12.1. The van der Waals surface area contributed by atoms with Crippen LogP contribution in [0.2, 0.25) is 0 Å². The van der Waals surface area contributed by atoms with Crippen molar-refractivity contribution in [3.05, 3.63) is 24.3 Å². The van der Waals surface area contributed by atoms with Crippen LogP contribution >= 0.6 is 0 Å². The van der Waals surface area contributed by atoms with Gasteiger partial charge in [0.05, 0.1) is 0 Å². The highest BCUT2D eigenvalue weighted by Crippen LogP contribution is 2.25. The van der Waals surface area contributed by atoms with E-state index < -0.39 is 6.36 Å². The van der Waals surface area contributed by atoms with E-state index >= 15 is 0 Å². The molecule has 1 atom stereocenters. The van der Waals surface area contributed by atoms with Gasteiger partial charge in [0, 0.05) is 17.8 Å². The molecule has 0 aliphatic rings. The first-order valence-electron chi connectivity index (χ1n) is 6.07. The number of hydrogen-bond donors (Lipinski definition) is 1. The molecule has 0 saturated heterocycles. The van der Waals surface area contributed by atoms with Crippen molar-refractivity contribution in [3.63, 3.8) is 0 Å². The number of nitrogens with one attached hydrogen (secondary N) is 1. The molecule has 1 rings (SSSR count). The van der Waals surface area contributed by atoms with Gasteiger partial charge in [-0.1, -0.05) is 26.3 Å². The molecular formula is C13H18F3NO. The number of alkyl halides is 3. The minimum Gasteiger partial charge on any atom is -0.406 e. The molecule has 18 heavy (non-hydrogen) atoms. The summed E-state index contributed by atoms with van der Waals surface area (Å²) in [7, 11) is 0. The molecule has 1 aromatic rings. The van der Waals surface area contributed by atoms with Crippen molar-refractivity contribution >= 4 is 5.69 Å². The van der Waals surface area contributed by atoms with Gasteiger partial charge >= 0.3 is 6.36 Å². The molecule has 0 radical (unpaired) electrons. The molecule has 0 heterocycles. The Labute approximate surface area is 105 Å². The minimum atomic E-state index is -4.65. The van der Waals surface area contributed by atoms with Gasteiger partial charge in [0.1, 0.15) is 5.75 Å². The van der Waals surface area contributed by atoms with E-state index in [1.807, 2.05) is 6.92 Å². The summed E-state index contributed by atoms with van der Waals surface area (Å²) < 4.78 is 40.1. The average molecular weight is 261 g/mol. The topological polar surface area (TPSA) is 21.3 Å². The molecule has 2 nitrogen and oxygen atoms in total. The Hall–Kier alpha value is -1.39. The third kappa shape index (κ3) is 5.29. The second-order valence-corrected chi connectivity index (χ2v) is 4.11. The number of anilines is 1. The van der Waals surface area contributed by atoms with E-state index in [0.29, 0.717) is 5.69 Å². The van der Waals surface area contributed by atoms with Crippen LogP contribution in [-0.4, -0.2) is 12.4 Å². The molecule has 0 amide bonds. The third-order valence-electron chi connectivity index (χ3n) is 2.57. The van der Waals surface area contributed by atoms with Crippen molar-refractivity contribution < 1.29 is 17.9 Å². The van der Waals surface area contributed by atoms with E-state index in [1.54, 1.807) is 12.1 Å². The zero-order valence-corrected chi connectivity index (χ0v) is 10.6. The molecule has 1 unspecified atom stereocenters. The maximum atomic E-state index is 12.1. The Morgan fingerprint density at radius 3 is 2.56 bits per heavy atom. The summed E-state index contributed by atoms with van der Waals surface area (Å²) in [5, 5.41) is 3.21. The summed E-state index contributed by atoms with van der Waals surface area (Å²) in [6.07, 6.45) is -1.70. The Morgan fingerprint density at radius 2 is 2.00 bits per heavy atom. The summed E-state index contributed by atoms with van der Waals surface area (Å²) in [5.74, 6) is -0.196. The molecule has 0 saturated carbocycles. The second-order valence-electron chi connectivity index (χ2n) is 4.11. The smallest absolute Gasteiger partial charge is 0.406 e. The molecule has 102 valence electrons. The molecule has 0 aliphatic heterocycles. The highest BCUT2D eigenvalue weighted by atomic mass is 19.4. The monoisotopic (exact) mass is 261 g/mol. The fraction of sp³-hybridized carbons (Fsp3) is 0.538. The van der Waals surface area contributed by atoms with Crippen molar-refractivity contribution in [1.29, 1.82) is 0 Å². The minimum absolute atomic E-state index is 0.196. The lowest BCUT2D eigenvalue weighted by Crippen LogP contribution is -2.19. The van der Waals surface area contributed by atoms with Gasteiger partial charge in [-0.3, -0.25) is 0 Å². The fourth-order valence-electron chi connectivity index (χ4n) is 1.75. The molecule has 1 N–H and O–H groups in total. The molecule has 5 heteroatoms. The predicted octanol–water partition coefficient (Wildman–Crippen LogP) is 4.58. The van der Waals surface area contributed by atoms with Crippen molar-refractivity contribution in [3.8, 4) is 5.75 Å². The van der Waals surface area contributed by atoms with Crippen molar-refractivity contribution in [2.24, 2.45) is 0 Å². The van der Waals surface area contributed by atoms with Gasteiger partial charge in [0.25, 0.3) is 0 Å². The Balaban J connectivity index is 2.69. The number of ether oxygens (including phenoxy) is 1. The number of hydrogen-bond acceptors (Lipinski definition) is 2. The molecule has 1 aromatic carbocycles. The lowest BCUT2D eigenvalue weighted by atomic mass is 10.1. The molecular weight excluding hydrogens is 243 g/mol. The van der Waals surface area contributed by atoms with Gasteiger partial charge in [0.2, 0.25) is 0 Å². The molecule has 0 aliphatic carbocycles. The zero-order chi connectivity index (χ0) is 13.6. The maximum Gasteiger partial charge on any atom is 0.573 e. The van der Waals surface area contributed by atoms with Gasteiger partial charge in [-0.25, -0.2) is 0 Å². The van der Waals surface area contributed by atoms with Crippen LogP contribution in [0.15, 0.2) is 24.3 Å². The quantitative estimate of drug-likeness (QED) is 0.809. The van der Waals surface area contributed by atoms with Gasteiger partial charge in [0.15, 0.2) is 0 Å². The van der Waals surface area contributed by atoms with E-state index in [1.165, 1.54) is 12.1 Å². The van der Waals surface area contributed by atoms with Crippen LogP contribution in [0.4, 0.5) is 18.9 Å². The predicted molar refractivity (Wildman–Crippen MR) is 65.7 cm³/mol. The van der Waals surface area contributed by atoms with Gasteiger partial charge in [-0.05, 0) is 25.0 Å². The van der Waals surface area contributed by atoms with E-state index in [4.69, 9.17) is 0 Å². The first kappa shape index (κ1) is 14.7. The summed E-state index contributed by atoms with van der Waals surface area (Å²) >= 11 is 0. The molecule has 0 bridgehead atoms. The zero-order valence-electron chi connectivity index (χ0n) is 10.6. The summed E-state index contributed by atoms with van der Waals surface area (Å²) in [4.78, 5) is 0. The summed E-state index contributed by atoms with van der Waals surface area (Å²) in [6, 6.07) is 6.21. The van der Waals surface area contributed by atoms with Crippen LogP contribution in [-0.2, 0) is 0 Å². The van der Waals surface area contributed by atoms with E-state index in [0.717, 1.165) is 19.3 Å². The third-order valence-corrected chi connectivity index (χ3v) is 2.57. The van der Waals surface area contributed by atoms with E-state index in [2.05, 4.69) is 17.0 Å². The largest absolute Gasteiger partial charge is 0.573 e. The van der Waals surface area contributed by atoms with E-state index in [-0.39, 0.29) is 11.8 Å². The Bertz CT molecular complexity index is 365. The number of halogens is 3. The van der Waals surface area contributed by atoms with E-state index in [9.17, 15) is 13.2 Å². The van der Waals surface area contributed by atoms with Gasteiger partial charge in [-0.2, -0.15) is 0 Å². The fourth-order valence-corrected chi connectivity index (χ4v) is 1.75. The molecule has 0 fully saturated rings. The van der Waals surface area contributed by atoms with Crippen molar-refractivity contribution in [2.75, 3.05) is 5.32 Å². The van der Waals surface area contributed by atoms with Crippen LogP contribution in [0.3, 0.4) is 0 Å². The van der Waals surface area contributed by atoms with Gasteiger partial charge in [-0.15, -0.1) is 13.2 Å². The average Bonchev–Trinajstić information content (AvgIpc) is 2.26. The van der Waals surface area contributed by atoms with Crippen LogP contribution in [0.1, 0.15) is 33.1 Å². The second kappa shape index (κ2) is 6.52. The van der Waals surface area contributed by atoms with Crippen LogP contribution < -0.4 is 10.1 Å². The normalized spacial score (nSPS) is 13.2. The Kier molecular flexibility index (Phi) is 5.31. The highest BCUT2D eigenvalue weighted by molar-refractivity contribution is 5.48. The molecule has 0 spiro atoms. The highest BCUT2D eigenvalue weighted by Gasteiger charge is 2.31. The first-order chi connectivity index (χ1) is 8.44. The molecule has 0 aromatic heterocycles. The van der Waals surface area contributed by atoms with Crippen molar-refractivity contribution in [1.82, 2.24) is 0 Å². The van der Waals surface area contributed by atoms with Gasteiger partial charge < -0.3 is 10.1 Å². The lowest BCUT2D eigenvalue weighted by molar-refractivity contribution is -0.274. The van der Waals surface area contributed by atoms with Crippen LogP contribution in [0, 0.1) is 0 Å². The SMILES string of the molecule is CCCC(CC)Nc1cccc(OC(F)(F)F)c1.